The van der Waals surface area contributed by atoms with Gasteiger partial charge in [0.2, 0.25) is 0 Å². The summed E-state index contributed by atoms with van der Waals surface area (Å²) in [6.07, 6.45) is 9.30. The number of H-pyrrole nitrogens is 2. The van der Waals surface area contributed by atoms with E-state index >= 15 is 0 Å². The molecule has 3 N–H and O–H groups in total. The van der Waals surface area contributed by atoms with Crippen molar-refractivity contribution in [1.29, 1.82) is 0 Å². The van der Waals surface area contributed by atoms with Crippen LogP contribution in [0.2, 0.25) is 0 Å². The number of pyridine rings is 3. The van der Waals surface area contributed by atoms with Gasteiger partial charge in [-0.15, -0.1) is 0 Å². The van der Waals surface area contributed by atoms with Gasteiger partial charge in [-0.2, -0.15) is 5.10 Å². The molecule has 0 aliphatic rings. The van der Waals surface area contributed by atoms with E-state index in [-0.39, 0.29) is 0 Å². The Morgan fingerprint density at radius 3 is 2.46 bits per heavy atom. The number of nitrogens with zero attached hydrogens (tertiary/aromatic N) is 4. The van der Waals surface area contributed by atoms with Crippen LogP contribution in [0.3, 0.4) is 0 Å². The molecule has 5 aromatic heterocycles. The minimum atomic E-state index is 0.746. The lowest BCUT2D eigenvalue weighted by Gasteiger charge is -2.08. The first-order valence-corrected chi connectivity index (χ1v) is 12.9. The van der Waals surface area contributed by atoms with E-state index < -0.39 is 0 Å². The van der Waals surface area contributed by atoms with Crippen LogP contribution >= 0.6 is 0 Å². The molecule has 0 amide bonds. The van der Waals surface area contributed by atoms with Crippen molar-refractivity contribution in [1.82, 2.24) is 35.5 Å². The SMILES string of the molecule is c1ccc(CNCc2cncc(-c3ccc4[nH]nc(-c5cc6c(-c7cccnc7)ccnc6[nH]5)c4c3)c2)cc1. The molecule has 7 rings (SSSR count). The highest BCUT2D eigenvalue weighted by molar-refractivity contribution is 6.00. The number of aromatic nitrogens is 6. The van der Waals surface area contributed by atoms with Gasteiger partial charge in [0.15, 0.2) is 0 Å². The highest BCUT2D eigenvalue weighted by Gasteiger charge is 2.15. The fourth-order valence-electron chi connectivity index (χ4n) is 5.02. The zero-order valence-corrected chi connectivity index (χ0v) is 21.1. The van der Waals surface area contributed by atoms with Crippen molar-refractivity contribution >= 4 is 21.9 Å². The molecule has 0 unspecified atom stereocenters. The number of fused-ring (bicyclic) bond motifs is 2. The van der Waals surface area contributed by atoms with Crippen LogP contribution in [0.1, 0.15) is 11.1 Å². The van der Waals surface area contributed by atoms with Gasteiger partial charge in [0, 0.05) is 66.0 Å². The third-order valence-electron chi connectivity index (χ3n) is 6.95. The van der Waals surface area contributed by atoms with Crippen LogP contribution in [0.5, 0.6) is 0 Å². The Hall–Kier alpha value is -5.14. The van der Waals surface area contributed by atoms with Crippen LogP contribution in [0, 0.1) is 0 Å². The molecule has 0 bridgehead atoms. The van der Waals surface area contributed by atoms with Crippen LogP contribution in [-0.4, -0.2) is 30.1 Å². The first-order valence-electron chi connectivity index (χ1n) is 12.9. The van der Waals surface area contributed by atoms with Crippen molar-refractivity contribution < 1.29 is 0 Å². The first-order chi connectivity index (χ1) is 19.3. The summed E-state index contributed by atoms with van der Waals surface area (Å²) in [5, 5.41) is 13.4. The third kappa shape index (κ3) is 4.56. The molecule has 0 saturated heterocycles. The van der Waals surface area contributed by atoms with E-state index in [0.29, 0.717) is 0 Å². The predicted molar refractivity (Wildman–Crippen MR) is 155 cm³/mol. The largest absolute Gasteiger partial charge is 0.338 e. The molecule has 5 heterocycles. The summed E-state index contributed by atoms with van der Waals surface area (Å²) >= 11 is 0. The van der Waals surface area contributed by atoms with Crippen LogP contribution < -0.4 is 5.32 Å². The first kappa shape index (κ1) is 23.0. The third-order valence-corrected chi connectivity index (χ3v) is 6.95. The van der Waals surface area contributed by atoms with Gasteiger partial charge < -0.3 is 10.3 Å². The van der Waals surface area contributed by atoms with Gasteiger partial charge in [-0.05, 0) is 58.7 Å². The maximum absolute atomic E-state index is 4.66. The van der Waals surface area contributed by atoms with Crippen molar-refractivity contribution in [2.45, 2.75) is 13.1 Å². The molecule has 7 aromatic rings. The molecular weight excluding hydrogens is 482 g/mol. The second-order valence-electron chi connectivity index (χ2n) is 9.55. The molecule has 0 spiro atoms. The molecule has 0 radical (unpaired) electrons. The molecule has 0 fully saturated rings. The molecule has 0 atom stereocenters. The fourth-order valence-corrected chi connectivity index (χ4v) is 5.02. The lowest BCUT2D eigenvalue weighted by atomic mass is 10.0. The zero-order valence-electron chi connectivity index (χ0n) is 21.1. The molecular formula is C32H25N7. The minimum absolute atomic E-state index is 0.746. The quantitative estimate of drug-likeness (QED) is 0.228. The van der Waals surface area contributed by atoms with Crippen LogP contribution in [0.15, 0.2) is 110 Å². The average molecular weight is 508 g/mol. The van der Waals surface area contributed by atoms with Crippen LogP contribution in [0.4, 0.5) is 0 Å². The van der Waals surface area contributed by atoms with Crippen molar-refractivity contribution in [3.8, 4) is 33.6 Å². The summed E-state index contributed by atoms with van der Waals surface area (Å²) in [6, 6.07) is 27.1. The molecule has 0 aliphatic heterocycles. The fraction of sp³-hybridized carbons (Fsp3) is 0.0625. The Morgan fingerprint density at radius 2 is 1.56 bits per heavy atom. The Balaban J connectivity index is 1.20. The lowest BCUT2D eigenvalue weighted by molar-refractivity contribution is 0.691. The molecule has 7 heteroatoms. The van der Waals surface area contributed by atoms with Crippen molar-refractivity contribution in [3.05, 3.63) is 121 Å². The number of aromatic amines is 2. The molecule has 0 aliphatic carbocycles. The molecule has 0 saturated carbocycles. The summed E-state index contributed by atoms with van der Waals surface area (Å²) in [7, 11) is 0. The Morgan fingerprint density at radius 1 is 0.667 bits per heavy atom. The van der Waals surface area contributed by atoms with E-state index in [9.17, 15) is 0 Å². The predicted octanol–water partition coefficient (Wildman–Crippen LogP) is 6.52. The number of benzene rings is 2. The van der Waals surface area contributed by atoms with Gasteiger partial charge in [-0.1, -0.05) is 42.5 Å². The lowest BCUT2D eigenvalue weighted by Crippen LogP contribution is -2.12. The monoisotopic (exact) mass is 507 g/mol. The molecule has 7 nitrogen and oxygen atoms in total. The van der Waals surface area contributed by atoms with Gasteiger partial charge in [0.05, 0.1) is 11.2 Å². The van der Waals surface area contributed by atoms with Crippen molar-refractivity contribution in [2.75, 3.05) is 0 Å². The van der Waals surface area contributed by atoms with Crippen LogP contribution in [0.25, 0.3) is 55.6 Å². The molecule has 39 heavy (non-hydrogen) atoms. The van der Waals surface area contributed by atoms with Crippen molar-refractivity contribution in [2.24, 2.45) is 0 Å². The Labute approximate surface area is 225 Å². The number of nitrogens with one attached hydrogen (secondary N) is 3. The number of rotatable bonds is 7. The zero-order chi connectivity index (χ0) is 26.0. The Bertz CT molecular complexity index is 1890. The van der Waals surface area contributed by atoms with E-state index in [1.807, 2.05) is 43.0 Å². The topological polar surface area (TPSA) is 95.2 Å². The second kappa shape index (κ2) is 9.96. The van der Waals surface area contributed by atoms with E-state index in [1.165, 1.54) is 5.56 Å². The number of hydrogen-bond donors (Lipinski definition) is 3. The normalized spacial score (nSPS) is 11.4. The second-order valence-corrected chi connectivity index (χ2v) is 9.55. The van der Waals surface area contributed by atoms with Crippen molar-refractivity contribution in [3.63, 3.8) is 0 Å². The molecule has 188 valence electrons. The Kier molecular flexibility index (Phi) is 5.88. The standard InChI is InChI=1S/C32H25N7/c1-2-5-21(6-3-1)16-34-17-22-13-25(20-35-18-22)23-8-9-29-28(14-23)31(39-38-29)30-15-27-26(10-12-36-32(27)37-30)24-7-4-11-33-19-24/h1-15,18-20,34H,16-17H2,(H,36,37)(H,38,39). The average Bonchev–Trinajstić information content (AvgIpc) is 3.62. The van der Waals surface area contributed by atoms with Crippen LogP contribution in [-0.2, 0) is 13.1 Å². The van der Waals surface area contributed by atoms with E-state index in [1.54, 1.807) is 6.20 Å². The summed E-state index contributed by atoms with van der Waals surface area (Å²) < 4.78 is 0. The van der Waals surface area contributed by atoms with E-state index in [4.69, 9.17) is 0 Å². The maximum Gasteiger partial charge on any atom is 0.138 e. The van der Waals surface area contributed by atoms with Gasteiger partial charge in [-0.25, -0.2) is 4.98 Å². The van der Waals surface area contributed by atoms with E-state index in [2.05, 4.69) is 96.1 Å². The summed E-state index contributed by atoms with van der Waals surface area (Å²) in [4.78, 5) is 16.8. The maximum atomic E-state index is 4.66. The van der Waals surface area contributed by atoms with E-state index in [0.717, 1.165) is 74.2 Å². The summed E-state index contributed by atoms with van der Waals surface area (Å²) in [5.41, 5.74) is 10.3. The number of hydrogen-bond acceptors (Lipinski definition) is 5. The highest BCUT2D eigenvalue weighted by atomic mass is 15.1. The molecule has 2 aromatic carbocycles. The highest BCUT2D eigenvalue weighted by Crippen LogP contribution is 2.34. The van der Waals surface area contributed by atoms with Gasteiger partial charge in [-0.3, -0.25) is 15.1 Å². The smallest absolute Gasteiger partial charge is 0.138 e. The van der Waals surface area contributed by atoms with Gasteiger partial charge in [0.1, 0.15) is 11.3 Å². The summed E-state index contributed by atoms with van der Waals surface area (Å²) in [6.45, 7) is 1.56. The summed E-state index contributed by atoms with van der Waals surface area (Å²) in [5.74, 6) is 0. The van der Waals surface area contributed by atoms with Gasteiger partial charge in [0.25, 0.3) is 0 Å². The minimum Gasteiger partial charge on any atom is -0.338 e. The van der Waals surface area contributed by atoms with Gasteiger partial charge >= 0.3 is 0 Å².